The van der Waals surface area contributed by atoms with Gasteiger partial charge in [0.15, 0.2) is 9.84 Å². The lowest BCUT2D eigenvalue weighted by atomic mass is 10.6. The van der Waals surface area contributed by atoms with Crippen LogP contribution in [0.25, 0.3) is 0 Å². The van der Waals surface area contributed by atoms with E-state index in [-0.39, 0.29) is 18.1 Å². The molecule has 0 bridgehead atoms. The molecule has 1 aromatic rings. The normalized spacial score (nSPS) is 11.4. The van der Waals surface area contributed by atoms with Gasteiger partial charge in [-0.1, -0.05) is 6.92 Å². The molecule has 16 heavy (non-hydrogen) atoms. The van der Waals surface area contributed by atoms with Gasteiger partial charge in [0.05, 0.1) is 5.75 Å². The maximum atomic E-state index is 11.2. The molecule has 6 nitrogen and oxygen atoms in total. The Morgan fingerprint density at radius 2 is 2.19 bits per heavy atom. The molecule has 0 atom stereocenters. The Balaban J connectivity index is 2.55. The molecular formula is C8H13BrN4O2S. The fraction of sp³-hybridized carbons (Fsp3) is 0.500. The van der Waals surface area contributed by atoms with Crippen LogP contribution >= 0.6 is 15.9 Å². The van der Waals surface area contributed by atoms with E-state index in [4.69, 9.17) is 5.73 Å². The van der Waals surface area contributed by atoms with Crippen molar-refractivity contribution in [2.75, 3.05) is 29.1 Å². The number of hydrogen-bond acceptors (Lipinski definition) is 6. The lowest BCUT2D eigenvalue weighted by Crippen LogP contribution is -2.18. The Morgan fingerprint density at radius 1 is 1.50 bits per heavy atom. The fourth-order valence-electron chi connectivity index (χ4n) is 0.977. The molecule has 0 radical (unpaired) electrons. The van der Waals surface area contributed by atoms with Crippen LogP contribution in [-0.2, 0) is 9.84 Å². The first-order chi connectivity index (χ1) is 7.43. The summed E-state index contributed by atoms with van der Waals surface area (Å²) in [6, 6.07) is 1.56. The van der Waals surface area contributed by atoms with Gasteiger partial charge >= 0.3 is 0 Å². The second-order valence-electron chi connectivity index (χ2n) is 3.10. The van der Waals surface area contributed by atoms with E-state index in [9.17, 15) is 8.42 Å². The Labute approximate surface area is 103 Å². The second kappa shape index (κ2) is 5.44. The van der Waals surface area contributed by atoms with Crippen molar-refractivity contribution in [1.29, 1.82) is 0 Å². The molecule has 1 heterocycles. The first-order valence-electron chi connectivity index (χ1n) is 4.67. The van der Waals surface area contributed by atoms with Crippen LogP contribution in [0.3, 0.4) is 0 Å². The fourth-order valence-corrected chi connectivity index (χ4v) is 2.08. The molecule has 3 N–H and O–H groups in total. The summed E-state index contributed by atoms with van der Waals surface area (Å²) in [6.07, 6.45) is 0. The largest absolute Gasteiger partial charge is 0.383 e. The van der Waals surface area contributed by atoms with Gasteiger partial charge in [-0.2, -0.15) is 4.98 Å². The van der Waals surface area contributed by atoms with Crippen LogP contribution in [0.1, 0.15) is 6.92 Å². The predicted molar refractivity (Wildman–Crippen MR) is 67.0 cm³/mol. The predicted octanol–water partition coefficient (Wildman–Crippen LogP) is 0.668. The minimum atomic E-state index is -2.97. The first kappa shape index (κ1) is 13.2. The van der Waals surface area contributed by atoms with Gasteiger partial charge in [0.1, 0.15) is 10.4 Å². The maximum absolute atomic E-state index is 11.2. The number of nitrogens with one attached hydrogen (secondary N) is 1. The molecule has 0 aliphatic heterocycles. The van der Waals surface area contributed by atoms with Crippen LogP contribution in [-0.4, -0.2) is 36.4 Å². The molecule has 0 unspecified atom stereocenters. The van der Waals surface area contributed by atoms with E-state index in [2.05, 4.69) is 31.2 Å². The topological polar surface area (TPSA) is 98.0 Å². The van der Waals surface area contributed by atoms with Crippen LogP contribution < -0.4 is 11.1 Å². The SMILES string of the molecule is CCS(=O)(=O)CCNc1nc(N)cc(Br)n1. The third kappa shape index (κ3) is 4.31. The van der Waals surface area contributed by atoms with Gasteiger partial charge in [-0.05, 0) is 15.9 Å². The summed E-state index contributed by atoms with van der Waals surface area (Å²) in [5.74, 6) is 0.830. The highest BCUT2D eigenvalue weighted by atomic mass is 79.9. The number of sulfone groups is 1. The van der Waals surface area contributed by atoms with Crippen molar-refractivity contribution in [3.05, 3.63) is 10.7 Å². The number of halogens is 1. The molecule has 0 aliphatic carbocycles. The van der Waals surface area contributed by atoms with Gasteiger partial charge in [-0.3, -0.25) is 0 Å². The van der Waals surface area contributed by atoms with Crippen molar-refractivity contribution < 1.29 is 8.42 Å². The Kier molecular flexibility index (Phi) is 4.48. The smallest absolute Gasteiger partial charge is 0.225 e. The van der Waals surface area contributed by atoms with Gasteiger partial charge in [-0.25, -0.2) is 13.4 Å². The van der Waals surface area contributed by atoms with E-state index in [1.165, 1.54) is 0 Å². The van der Waals surface area contributed by atoms with E-state index >= 15 is 0 Å². The molecule has 1 rings (SSSR count). The molecule has 0 amide bonds. The highest BCUT2D eigenvalue weighted by molar-refractivity contribution is 9.10. The zero-order chi connectivity index (χ0) is 12.2. The molecule has 90 valence electrons. The Morgan fingerprint density at radius 3 is 2.75 bits per heavy atom. The van der Waals surface area contributed by atoms with E-state index < -0.39 is 9.84 Å². The summed E-state index contributed by atoms with van der Waals surface area (Å²) in [4.78, 5) is 7.91. The van der Waals surface area contributed by atoms with Gasteiger partial charge in [0, 0.05) is 18.4 Å². The van der Waals surface area contributed by atoms with Crippen molar-refractivity contribution in [1.82, 2.24) is 9.97 Å². The number of aromatic nitrogens is 2. The number of hydrogen-bond donors (Lipinski definition) is 2. The minimum Gasteiger partial charge on any atom is -0.383 e. The molecule has 0 aromatic carbocycles. The van der Waals surface area contributed by atoms with E-state index in [1.807, 2.05) is 0 Å². The number of anilines is 2. The van der Waals surface area contributed by atoms with Crippen molar-refractivity contribution in [2.24, 2.45) is 0 Å². The van der Waals surface area contributed by atoms with Gasteiger partial charge in [0.2, 0.25) is 5.95 Å². The summed E-state index contributed by atoms with van der Waals surface area (Å²) in [5.41, 5.74) is 5.50. The summed E-state index contributed by atoms with van der Waals surface area (Å²) in [5, 5.41) is 2.81. The highest BCUT2D eigenvalue weighted by Crippen LogP contribution is 2.11. The molecule has 0 saturated heterocycles. The van der Waals surface area contributed by atoms with Crippen LogP contribution in [0.4, 0.5) is 11.8 Å². The van der Waals surface area contributed by atoms with Crippen LogP contribution in [0.15, 0.2) is 10.7 Å². The van der Waals surface area contributed by atoms with Crippen molar-refractivity contribution >= 4 is 37.5 Å². The van der Waals surface area contributed by atoms with Gasteiger partial charge < -0.3 is 11.1 Å². The number of nitrogen functional groups attached to an aromatic ring is 1. The second-order valence-corrected chi connectivity index (χ2v) is 6.39. The molecule has 0 saturated carbocycles. The van der Waals surface area contributed by atoms with E-state index in [0.717, 1.165) is 0 Å². The third-order valence-electron chi connectivity index (χ3n) is 1.85. The van der Waals surface area contributed by atoms with E-state index in [0.29, 0.717) is 16.4 Å². The standard InChI is InChI=1S/C8H13BrN4O2S/c1-2-16(14,15)4-3-11-8-12-6(9)5-7(10)13-8/h5H,2-4H2,1H3,(H3,10,11,12,13). The third-order valence-corrected chi connectivity index (χ3v) is 3.96. The molecule has 0 aliphatic rings. The number of rotatable bonds is 5. The summed E-state index contributed by atoms with van der Waals surface area (Å²) in [7, 11) is -2.97. The first-order valence-corrected chi connectivity index (χ1v) is 7.29. The van der Waals surface area contributed by atoms with Crippen LogP contribution in [0.2, 0.25) is 0 Å². The minimum absolute atomic E-state index is 0.0548. The summed E-state index contributed by atoms with van der Waals surface area (Å²) < 4.78 is 23.0. The van der Waals surface area contributed by atoms with Crippen molar-refractivity contribution in [3.8, 4) is 0 Å². The Hall–Kier alpha value is -0.890. The quantitative estimate of drug-likeness (QED) is 0.776. The molecule has 8 heteroatoms. The Bertz CT molecular complexity index is 443. The van der Waals surface area contributed by atoms with Crippen molar-refractivity contribution in [3.63, 3.8) is 0 Å². The summed E-state index contributed by atoms with van der Waals surface area (Å²) >= 11 is 3.17. The zero-order valence-electron chi connectivity index (χ0n) is 8.77. The lowest BCUT2D eigenvalue weighted by Gasteiger charge is -2.05. The molecule has 0 fully saturated rings. The summed E-state index contributed by atoms with van der Waals surface area (Å²) in [6.45, 7) is 1.88. The number of nitrogens with two attached hydrogens (primary N) is 1. The van der Waals surface area contributed by atoms with Gasteiger partial charge in [-0.15, -0.1) is 0 Å². The van der Waals surface area contributed by atoms with Crippen LogP contribution in [0.5, 0.6) is 0 Å². The molecule has 0 spiro atoms. The van der Waals surface area contributed by atoms with E-state index in [1.54, 1.807) is 13.0 Å². The zero-order valence-corrected chi connectivity index (χ0v) is 11.2. The molecular weight excluding hydrogens is 296 g/mol. The maximum Gasteiger partial charge on any atom is 0.225 e. The average Bonchev–Trinajstić information content (AvgIpc) is 2.16. The molecule has 1 aromatic heterocycles. The van der Waals surface area contributed by atoms with Gasteiger partial charge in [0.25, 0.3) is 0 Å². The lowest BCUT2D eigenvalue weighted by molar-refractivity contribution is 0.597. The highest BCUT2D eigenvalue weighted by Gasteiger charge is 2.07. The van der Waals surface area contributed by atoms with Crippen molar-refractivity contribution in [2.45, 2.75) is 6.92 Å². The van der Waals surface area contributed by atoms with Crippen LogP contribution in [0, 0.1) is 0 Å². The monoisotopic (exact) mass is 308 g/mol. The average molecular weight is 309 g/mol. The number of nitrogens with zero attached hydrogens (tertiary/aromatic N) is 2.